The number of hydrazone groups is 1. The summed E-state index contributed by atoms with van der Waals surface area (Å²) in [6, 6.07) is 12.1. The zero-order chi connectivity index (χ0) is 22.0. The van der Waals surface area contributed by atoms with E-state index in [1.807, 2.05) is 37.4 Å². The molecule has 1 atom stereocenters. The molecular formula is C22H27N5O3S. The highest BCUT2D eigenvalue weighted by atomic mass is 32.2. The maximum absolute atomic E-state index is 13.0. The van der Waals surface area contributed by atoms with E-state index in [9.17, 15) is 13.2 Å². The average molecular weight is 442 g/mol. The molecule has 0 radical (unpaired) electrons. The molecule has 2 aliphatic heterocycles. The molecule has 3 N–H and O–H groups in total. The van der Waals surface area contributed by atoms with Crippen LogP contribution in [0.25, 0.3) is 0 Å². The number of nitrogens with two attached hydrogens (primary N) is 1. The number of rotatable bonds is 6. The summed E-state index contributed by atoms with van der Waals surface area (Å²) in [7, 11) is -1.76. The van der Waals surface area contributed by atoms with Crippen LogP contribution in [0.15, 0.2) is 52.5 Å². The number of hydrogen-bond donors (Lipinski definition) is 2. The Balaban J connectivity index is 1.44. The fourth-order valence-corrected chi connectivity index (χ4v) is 5.45. The van der Waals surface area contributed by atoms with Crippen molar-refractivity contribution in [3.63, 3.8) is 0 Å². The van der Waals surface area contributed by atoms with Crippen molar-refractivity contribution in [3.8, 4) is 0 Å². The van der Waals surface area contributed by atoms with E-state index < -0.39 is 16.1 Å². The standard InChI is InChI=1S/C22H27N5O3S/c1-26-9-7-18-5-6-20(12-19(18)15-26)31(29,30)25-21-8-10-27(22(21)28)14-17-4-2-3-16(11-17)13-24-23/h2-6,11-13,21,25H,7-10,14-15,23H2,1H3/t21-/m0/s1. The van der Waals surface area contributed by atoms with Crippen LogP contribution in [-0.2, 0) is 34.3 Å². The Morgan fingerprint density at radius 3 is 2.84 bits per heavy atom. The van der Waals surface area contributed by atoms with Crippen molar-refractivity contribution in [2.24, 2.45) is 10.9 Å². The molecule has 1 saturated heterocycles. The lowest BCUT2D eigenvalue weighted by Gasteiger charge is -2.25. The summed E-state index contributed by atoms with van der Waals surface area (Å²) in [6.45, 7) is 2.60. The number of nitrogens with zero attached hydrogens (tertiary/aromatic N) is 3. The van der Waals surface area contributed by atoms with Crippen molar-refractivity contribution in [2.75, 3.05) is 20.1 Å². The number of nitrogens with one attached hydrogen (secondary N) is 1. The van der Waals surface area contributed by atoms with Gasteiger partial charge in [-0.3, -0.25) is 4.79 Å². The van der Waals surface area contributed by atoms with E-state index in [4.69, 9.17) is 5.84 Å². The molecule has 2 aromatic carbocycles. The minimum atomic E-state index is -3.79. The summed E-state index contributed by atoms with van der Waals surface area (Å²) >= 11 is 0. The molecule has 0 bridgehead atoms. The monoisotopic (exact) mass is 441 g/mol. The van der Waals surface area contributed by atoms with Crippen molar-refractivity contribution in [3.05, 3.63) is 64.7 Å². The van der Waals surface area contributed by atoms with E-state index in [-0.39, 0.29) is 10.8 Å². The molecule has 2 aromatic rings. The molecule has 0 saturated carbocycles. The predicted octanol–water partition coefficient (Wildman–Crippen LogP) is 1.05. The van der Waals surface area contributed by atoms with Crippen LogP contribution in [0, 0.1) is 0 Å². The highest BCUT2D eigenvalue weighted by molar-refractivity contribution is 7.89. The van der Waals surface area contributed by atoms with Crippen molar-refractivity contribution in [2.45, 2.75) is 36.9 Å². The first-order valence-corrected chi connectivity index (χ1v) is 11.8. The van der Waals surface area contributed by atoms with E-state index in [1.54, 1.807) is 23.2 Å². The van der Waals surface area contributed by atoms with Crippen molar-refractivity contribution >= 4 is 22.1 Å². The van der Waals surface area contributed by atoms with Gasteiger partial charge in [0, 0.05) is 26.2 Å². The van der Waals surface area contributed by atoms with Crippen LogP contribution < -0.4 is 10.6 Å². The Morgan fingerprint density at radius 1 is 1.19 bits per heavy atom. The number of fused-ring (bicyclic) bond motifs is 1. The quantitative estimate of drug-likeness (QED) is 0.396. The van der Waals surface area contributed by atoms with Crippen LogP contribution in [0.5, 0.6) is 0 Å². The molecule has 1 fully saturated rings. The number of carbonyl (C=O) groups excluding carboxylic acids is 1. The summed E-state index contributed by atoms with van der Waals surface area (Å²) in [4.78, 5) is 16.9. The third-order valence-corrected chi connectivity index (χ3v) is 7.30. The molecular weight excluding hydrogens is 414 g/mol. The highest BCUT2D eigenvalue weighted by Crippen LogP contribution is 2.23. The van der Waals surface area contributed by atoms with E-state index in [0.29, 0.717) is 19.5 Å². The number of hydrogen-bond acceptors (Lipinski definition) is 6. The molecule has 8 nitrogen and oxygen atoms in total. The van der Waals surface area contributed by atoms with Gasteiger partial charge in [-0.05, 0) is 60.3 Å². The normalized spacial score (nSPS) is 19.8. The molecule has 2 aliphatic rings. The maximum Gasteiger partial charge on any atom is 0.241 e. The van der Waals surface area contributed by atoms with Gasteiger partial charge < -0.3 is 15.6 Å². The minimum absolute atomic E-state index is 0.209. The van der Waals surface area contributed by atoms with Gasteiger partial charge in [-0.2, -0.15) is 9.82 Å². The average Bonchev–Trinajstić information content (AvgIpc) is 3.07. The molecule has 9 heteroatoms. The Morgan fingerprint density at radius 2 is 2.03 bits per heavy atom. The first-order chi connectivity index (χ1) is 14.9. The maximum atomic E-state index is 13.0. The largest absolute Gasteiger partial charge is 0.337 e. The SMILES string of the molecule is CN1CCc2ccc(S(=O)(=O)N[C@H]3CCN(Cc4cccc(C=NN)c4)C3=O)cc2C1. The van der Waals surface area contributed by atoms with E-state index >= 15 is 0 Å². The van der Waals surface area contributed by atoms with Crippen LogP contribution in [0.4, 0.5) is 0 Å². The van der Waals surface area contributed by atoms with E-state index in [0.717, 1.165) is 36.2 Å². The second-order valence-electron chi connectivity index (χ2n) is 8.16. The summed E-state index contributed by atoms with van der Waals surface area (Å²) in [5.41, 5.74) is 3.99. The zero-order valence-corrected chi connectivity index (χ0v) is 18.3. The fraction of sp³-hybridized carbons (Fsp3) is 0.364. The van der Waals surface area contributed by atoms with Crippen LogP contribution in [0.1, 0.15) is 28.7 Å². The van der Waals surface area contributed by atoms with Crippen LogP contribution in [-0.4, -0.2) is 56.5 Å². The van der Waals surface area contributed by atoms with Crippen molar-refractivity contribution in [1.82, 2.24) is 14.5 Å². The molecule has 31 heavy (non-hydrogen) atoms. The first-order valence-electron chi connectivity index (χ1n) is 10.3. The predicted molar refractivity (Wildman–Crippen MR) is 119 cm³/mol. The van der Waals surface area contributed by atoms with Gasteiger partial charge in [0.2, 0.25) is 15.9 Å². The minimum Gasteiger partial charge on any atom is -0.337 e. The Bertz CT molecular complexity index is 1120. The number of carbonyl (C=O) groups is 1. The molecule has 0 aromatic heterocycles. The van der Waals surface area contributed by atoms with E-state index in [2.05, 4.69) is 14.7 Å². The smallest absolute Gasteiger partial charge is 0.241 e. The third-order valence-electron chi connectivity index (χ3n) is 5.83. The van der Waals surface area contributed by atoms with Crippen molar-refractivity contribution < 1.29 is 13.2 Å². The molecule has 0 aliphatic carbocycles. The van der Waals surface area contributed by atoms with Gasteiger partial charge in [0.25, 0.3) is 0 Å². The van der Waals surface area contributed by atoms with Gasteiger partial charge in [0.05, 0.1) is 11.1 Å². The second-order valence-corrected chi connectivity index (χ2v) is 9.88. The van der Waals surface area contributed by atoms with Gasteiger partial charge in [-0.15, -0.1) is 0 Å². The Hall–Kier alpha value is -2.75. The molecule has 164 valence electrons. The number of amides is 1. The number of benzene rings is 2. The number of sulfonamides is 1. The van der Waals surface area contributed by atoms with E-state index in [1.165, 1.54) is 5.56 Å². The van der Waals surface area contributed by atoms with Gasteiger partial charge in [0.1, 0.15) is 6.04 Å². The van der Waals surface area contributed by atoms with Crippen LogP contribution in [0.3, 0.4) is 0 Å². The zero-order valence-electron chi connectivity index (χ0n) is 17.5. The summed E-state index contributed by atoms with van der Waals surface area (Å²) in [6.07, 6.45) is 2.90. The lowest BCUT2D eigenvalue weighted by Crippen LogP contribution is -2.41. The second kappa shape index (κ2) is 8.78. The number of likely N-dealkylation sites (tertiary alicyclic amines) is 1. The fourth-order valence-electron chi connectivity index (χ4n) is 4.18. The number of likely N-dealkylation sites (N-methyl/N-ethyl adjacent to an activating group) is 1. The summed E-state index contributed by atoms with van der Waals surface area (Å²) < 4.78 is 28.5. The van der Waals surface area contributed by atoms with Gasteiger partial charge in [-0.25, -0.2) is 8.42 Å². The van der Waals surface area contributed by atoms with Gasteiger partial charge >= 0.3 is 0 Å². The Kier molecular flexibility index (Phi) is 6.08. The molecule has 0 unspecified atom stereocenters. The van der Waals surface area contributed by atoms with Gasteiger partial charge in [0.15, 0.2) is 0 Å². The molecule has 0 spiro atoms. The topological polar surface area (TPSA) is 108 Å². The molecule has 2 heterocycles. The highest BCUT2D eigenvalue weighted by Gasteiger charge is 2.35. The summed E-state index contributed by atoms with van der Waals surface area (Å²) in [5, 5.41) is 3.52. The lowest BCUT2D eigenvalue weighted by atomic mass is 10.0. The van der Waals surface area contributed by atoms with Crippen molar-refractivity contribution in [1.29, 1.82) is 0 Å². The van der Waals surface area contributed by atoms with Crippen LogP contribution >= 0.6 is 0 Å². The Labute approximate surface area is 182 Å². The molecule has 4 rings (SSSR count). The van der Waals surface area contributed by atoms with Gasteiger partial charge in [-0.1, -0.05) is 24.3 Å². The molecule has 1 amide bonds. The lowest BCUT2D eigenvalue weighted by molar-refractivity contribution is -0.129. The first kappa shape index (κ1) is 21.5. The summed E-state index contributed by atoms with van der Waals surface area (Å²) in [5.74, 6) is 4.99. The van der Waals surface area contributed by atoms with Crippen LogP contribution in [0.2, 0.25) is 0 Å². The third kappa shape index (κ3) is 4.79.